The lowest BCUT2D eigenvalue weighted by Crippen LogP contribution is -2.44. The highest BCUT2D eigenvalue weighted by atomic mass is 79.9. The van der Waals surface area contributed by atoms with Gasteiger partial charge in [-0.05, 0) is 36.6 Å². The summed E-state index contributed by atoms with van der Waals surface area (Å²) in [6.45, 7) is 2.45. The molecule has 0 radical (unpaired) electrons. The molecule has 1 aromatic rings. The molecular weight excluding hydrogens is 326 g/mol. The fourth-order valence-corrected chi connectivity index (χ4v) is 2.73. The minimum Gasteiger partial charge on any atom is -0.467 e. The van der Waals surface area contributed by atoms with Crippen LogP contribution in [0.15, 0.2) is 22.7 Å². The van der Waals surface area contributed by atoms with Gasteiger partial charge in [0.05, 0.1) is 13.7 Å². The molecular formula is C14H16BrNO4. The van der Waals surface area contributed by atoms with Gasteiger partial charge in [0.25, 0.3) is 0 Å². The van der Waals surface area contributed by atoms with Crippen LogP contribution in [0.3, 0.4) is 0 Å². The molecule has 1 aliphatic heterocycles. The predicted molar refractivity (Wildman–Crippen MR) is 76.3 cm³/mol. The summed E-state index contributed by atoms with van der Waals surface area (Å²) in [6, 6.07) is 4.98. The van der Waals surface area contributed by atoms with Crippen LogP contribution >= 0.6 is 15.9 Å². The number of carbonyl (C=O) groups excluding carboxylic acids is 2. The zero-order valence-corrected chi connectivity index (χ0v) is 13.0. The van der Waals surface area contributed by atoms with Crippen LogP contribution in [0.1, 0.15) is 24.1 Å². The Kier molecular flexibility index (Phi) is 4.65. The highest BCUT2D eigenvalue weighted by Crippen LogP contribution is 2.33. The van der Waals surface area contributed by atoms with E-state index in [1.165, 1.54) is 12.0 Å². The summed E-state index contributed by atoms with van der Waals surface area (Å²) in [4.78, 5) is 25.5. The van der Waals surface area contributed by atoms with E-state index in [1.54, 1.807) is 6.92 Å². The molecule has 20 heavy (non-hydrogen) atoms. The monoisotopic (exact) mass is 341 g/mol. The molecule has 0 fully saturated rings. The van der Waals surface area contributed by atoms with Gasteiger partial charge in [0.1, 0.15) is 0 Å². The van der Waals surface area contributed by atoms with E-state index in [9.17, 15) is 9.59 Å². The predicted octanol–water partition coefficient (Wildman–Crippen LogP) is 2.68. The van der Waals surface area contributed by atoms with Crippen LogP contribution in [0, 0.1) is 0 Å². The summed E-state index contributed by atoms with van der Waals surface area (Å²) < 4.78 is 10.7. The second kappa shape index (κ2) is 6.26. The number of esters is 1. The van der Waals surface area contributed by atoms with Crippen LogP contribution < -0.4 is 0 Å². The SMILES string of the molecule is CCOC(=O)N1CCc2ccc(Br)cc2C1C(=O)OC. The van der Waals surface area contributed by atoms with Gasteiger partial charge in [0.15, 0.2) is 6.04 Å². The molecule has 0 aliphatic carbocycles. The molecule has 0 saturated carbocycles. The van der Waals surface area contributed by atoms with Gasteiger partial charge in [-0.3, -0.25) is 4.90 Å². The number of ether oxygens (including phenoxy) is 2. The Labute approximate surface area is 126 Å². The van der Waals surface area contributed by atoms with Gasteiger partial charge in [0, 0.05) is 11.0 Å². The Morgan fingerprint density at radius 2 is 2.20 bits per heavy atom. The lowest BCUT2D eigenvalue weighted by atomic mass is 9.93. The van der Waals surface area contributed by atoms with Crippen molar-refractivity contribution in [1.82, 2.24) is 4.90 Å². The third kappa shape index (κ3) is 2.80. The molecule has 1 unspecified atom stereocenters. The molecule has 0 N–H and O–H groups in total. The van der Waals surface area contributed by atoms with Gasteiger partial charge in [-0.15, -0.1) is 0 Å². The van der Waals surface area contributed by atoms with E-state index in [0.29, 0.717) is 13.0 Å². The summed E-state index contributed by atoms with van der Waals surface area (Å²) in [5, 5.41) is 0. The molecule has 6 heteroatoms. The van der Waals surface area contributed by atoms with Gasteiger partial charge in [0.2, 0.25) is 0 Å². The smallest absolute Gasteiger partial charge is 0.410 e. The maximum Gasteiger partial charge on any atom is 0.410 e. The van der Waals surface area contributed by atoms with Crippen LogP contribution in [0.25, 0.3) is 0 Å². The van der Waals surface area contributed by atoms with Crippen molar-refractivity contribution < 1.29 is 19.1 Å². The molecule has 0 aromatic heterocycles. The standard InChI is InChI=1S/C14H16BrNO4/c1-3-20-14(18)16-7-6-9-4-5-10(15)8-11(9)12(16)13(17)19-2/h4-5,8,12H,3,6-7H2,1-2H3. The van der Waals surface area contributed by atoms with E-state index >= 15 is 0 Å². The van der Waals surface area contributed by atoms with Gasteiger partial charge in [-0.1, -0.05) is 22.0 Å². The minimum absolute atomic E-state index is 0.272. The van der Waals surface area contributed by atoms with Crippen LogP contribution in [0.4, 0.5) is 4.79 Å². The van der Waals surface area contributed by atoms with Gasteiger partial charge in [-0.2, -0.15) is 0 Å². The van der Waals surface area contributed by atoms with Gasteiger partial charge >= 0.3 is 12.1 Å². The second-order valence-corrected chi connectivity index (χ2v) is 5.33. The topological polar surface area (TPSA) is 55.8 Å². The van der Waals surface area contributed by atoms with Crippen molar-refractivity contribution in [3.8, 4) is 0 Å². The molecule has 108 valence electrons. The van der Waals surface area contributed by atoms with Gasteiger partial charge < -0.3 is 9.47 Å². The minimum atomic E-state index is -0.750. The molecule has 0 saturated heterocycles. The van der Waals surface area contributed by atoms with Crippen LogP contribution in [-0.4, -0.2) is 37.2 Å². The average Bonchev–Trinajstić information content (AvgIpc) is 2.45. The van der Waals surface area contributed by atoms with Crippen LogP contribution in [-0.2, 0) is 20.7 Å². The van der Waals surface area contributed by atoms with Crippen LogP contribution in [0.5, 0.6) is 0 Å². The van der Waals surface area contributed by atoms with Crippen LogP contribution in [0.2, 0.25) is 0 Å². The lowest BCUT2D eigenvalue weighted by Gasteiger charge is -2.34. The quantitative estimate of drug-likeness (QED) is 0.776. The van der Waals surface area contributed by atoms with E-state index in [0.717, 1.165) is 15.6 Å². The Hall–Kier alpha value is -1.56. The summed E-state index contributed by atoms with van der Waals surface area (Å²) >= 11 is 3.39. The second-order valence-electron chi connectivity index (χ2n) is 4.41. The number of rotatable bonds is 2. The Morgan fingerprint density at radius 1 is 1.45 bits per heavy atom. The Bertz CT molecular complexity index is 532. The molecule has 1 aliphatic rings. The van der Waals surface area contributed by atoms with E-state index < -0.39 is 18.1 Å². The maximum atomic E-state index is 12.1. The lowest BCUT2D eigenvalue weighted by molar-refractivity contribution is -0.147. The van der Waals surface area contributed by atoms with E-state index in [1.807, 2.05) is 18.2 Å². The molecule has 0 bridgehead atoms. The number of hydrogen-bond acceptors (Lipinski definition) is 4. The molecule has 1 atom stereocenters. The first kappa shape index (κ1) is 14.8. The summed E-state index contributed by atoms with van der Waals surface area (Å²) in [6.07, 6.45) is 0.197. The summed E-state index contributed by atoms with van der Waals surface area (Å²) in [5.41, 5.74) is 1.83. The van der Waals surface area contributed by atoms with Crippen molar-refractivity contribution in [2.75, 3.05) is 20.3 Å². The van der Waals surface area contributed by atoms with Gasteiger partial charge in [-0.25, -0.2) is 9.59 Å². The van der Waals surface area contributed by atoms with Crippen molar-refractivity contribution in [3.05, 3.63) is 33.8 Å². The number of methoxy groups -OCH3 is 1. The first-order valence-electron chi connectivity index (χ1n) is 6.38. The Balaban J connectivity index is 2.42. The number of halogens is 1. The highest BCUT2D eigenvalue weighted by molar-refractivity contribution is 9.10. The normalized spacial score (nSPS) is 17.4. The zero-order valence-electron chi connectivity index (χ0n) is 11.4. The van der Waals surface area contributed by atoms with Crippen molar-refractivity contribution in [2.24, 2.45) is 0 Å². The number of fused-ring (bicyclic) bond motifs is 1. The fraction of sp³-hybridized carbons (Fsp3) is 0.429. The number of benzene rings is 1. The van der Waals surface area contributed by atoms with E-state index in [2.05, 4.69) is 15.9 Å². The fourth-order valence-electron chi connectivity index (χ4n) is 2.35. The van der Waals surface area contributed by atoms with Crippen molar-refractivity contribution >= 4 is 28.0 Å². The largest absolute Gasteiger partial charge is 0.467 e. The maximum absolute atomic E-state index is 12.1. The number of amides is 1. The third-order valence-electron chi connectivity index (χ3n) is 3.26. The van der Waals surface area contributed by atoms with Crippen molar-refractivity contribution in [3.63, 3.8) is 0 Å². The molecule has 0 spiro atoms. The van der Waals surface area contributed by atoms with E-state index in [-0.39, 0.29) is 6.61 Å². The molecule has 1 amide bonds. The number of hydrogen-bond donors (Lipinski definition) is 0. The van der Waals surface area contributed by atoms with Crippen molar-refractivity contribution in [1.29, 1.82) is 0 Å². The Morgan fingerprint density at radius 3 is 2.85 bits per heavy atom. The number of nitrogens with zero attached hydrogens (tertiary/aromatic N) is 1. The molecule has 2 rings (SSSR count). The number of carbonyl (C=O) groups is 2. The molecule has 5 nitrogen and oxygen atoms in total. The molecule has 1 aromatic carbocycles. The summed E-state index contributed by atoms with van der Waals surface area (Å²) in [5.74, 6) is -0.461. The highest BCUT2D eigenvalue weighted by Gasteiger charge is 2.37. The first-order chi connectivity index (χ1) is 9.58. The average molecular weight is 342 g/mol. The summed E-state index contributed by atoms with van der Waals surface area (Å²) in [7, 11) is 1.32. The zero-order chi connectivity index (χ0) is 14.7. The van der Waals surface area contributed by atoms with Crippen molar-refractivity contribution in [2.45, 2.75) is 19.4 Å². The third-order valence-corrected chi connectivity index (χ3v) is 3.76. The van der Waals surface area contributed by atoms with E-state index in [4.69, 9.17) is 9.47 Å². The molecule has 1 heterocycles. The first-order valence-corrected chi connectivity index (χ1v) is 7.17.